The minimum atomic E-state index is -1.01. The molecule has 260 valence electrons. The van der Waals surface area contributed by atoms with E-state index in [0.29, 0.717) is 12.8 Å². The number of hydrogen-bond acceptors (Lipinski definition) is 9. The van der Waals surface area contributed by atoms with Crippen LogP contribution in [0.3, 0.4) is 0 Å². The van der Waals surface area contributed by atoms with E-state index in [1.807, 2.05) is 62.4 Å². The van der Waals surface area contributed by atoms with E-state index in [2.05, 4.69) is 36.8 Å². The number of carbonyl (C=O) groups is 5. The molecule has 0 heterocycles. The zero-order chi connectivity index (χ0) is 35.3. The number of alkyl carbamates (subject to hydrolysis) is 2. The van der Waals surface area contributed by atoms with Gasteiger partial charge in [-0.15, -0.1) is 0 Å². The van der Waals surface area contributed by atoms with Crippen LogP contribution in [-0.4, -0.2) is 66.9 Å². The van der Waals surface area contributed by atoms with Gasteiger partial charge in [-0.3, -0.25) is 19.9 Å². The molecule has 0 bridgehead atoms. The Morgan fingerprint density at radius 3 is 1.94 bits per heavy atom. The molecule has 16 heteroatoms. The molecule has 0 unspecified atom stereocenters. The Hall–Kier alpha value is -5.67. The van der Waals surface area contributed by atoms with Crippen molar-refractivity contribution >= 4 is 42.2 Å². The molecular weight excluding hydrogens is 623 g/mol. The number of amides is 6. The number of carbonyl (C=O) groups excluding carboxylic acids is 5. The predicted octanol–water partition coefficient (Wildman–Crippen LogP) is 1.99. The molecule has 0 radical (unpaired) electrons. The number of primary amides is 1. The highest BCUT2D eigenvalue weighted by atomic mass is 16.6. The number of hydrogen-bond donors (Lipinski definition) is 7. The van der Waals surface area contributed by atoms with E-state index in [1.165, 1.54) is 13.1 Å². The van der Waals surface area contributed by atoms with Gasteiger partial charge in [0, 0.05) is 12.8 Å². The number of nitrogens with one attached hydrogen (secondary N) is 5. The summed E-state index contributed by atoms with van der Waals surface area (Å²) in [5, 5.41) is 14.0. The van der Waals surface area contributed by atoms with Crippen LogP contribution < -0.4 is 38.2 Å². The number of aliphatic imine (C=N–C) groups is 1. The predicted molar refractivity (Wildman–Crippen MR) is 179 cm³/mol. The Morgan fingerprint density at radius 1 is 0.792 bits per heavy atom. The lowest BCUT2D eigenvalue weighted by Gasteiger charge is -2.23. The van der Waals surface area contributed by atoms with E-state index in [-0.39, 0.29) is 38.1 Å². The van der Waals surface area contributed by atoms with Crippen LogP contribution in [0.2, 0.25) is 0 Å². The fourth-order valence-electron chi connectivity index (χ4n) is 4.09. The van der Waals surface area contributed by atoms with Gasteiger partial charge in [-0.1, -0.05) is 74.5 Å². The van der Waals surface area contributed by atoms with Gasteiger partial charge in [-0.05, 0) is 43.2 Å². The monoisotopic (exact) mass is 668 g/mol. The van der Waals surface area contributed by atoms with Crippen molar-refractivity contribution in [2.45, 2.75) is 71.4 Å². The highest BCUT2D eigenvalue weighted by Crippen LogP contribution is 2.08. The topological polar surface area (TPSA) is 241 Å². The van der Waals surface area contributed by atoms with E-state index >= 15 is 0 Å². The summed E-state index contributed by atoms with van der Waals surface area (Å²) in [6, 6.07) is 14.6. The minimum absolute atomic E-state index is 0.0325. The van der Waals surface area contributed by atoms with Crippen molar-refractivity contribution in [1.82, 2.24) is 26.7 Å². The molecule has 2 aromatic rings. The molecule has 0 fully saturated rings. The van der Waals surface area contributed by atoms with E-state index in [9.17, 15) is 24.0 Å². The summed E-state index contributed by atoms with van der Waals surface area (Å²) in [7, 11) is 0. The van der Waals surface area contributed by atoms with Gasteiger partial charge in [-0.2, -0.15) is 5.10 Å². The number of benzene rings is 2. The van der Waals surface area contributed by atoms with E-state index in [0.717, 1.165) is 11.1 Å². The fraction of sp³-hybridized carbons (Fsp3) is 0.406. The summed E-state index contributed by atoms with van der Waals surface area (Å²) in [6.45, 7) is 5.53. The smallest absolute Gasteiger partial charge is 0.414 e. The van der Waals surface area contributed by atoms with Crippen molar-refractivity contribution in [1.29, 1.82) is 0 Å². The molecule has 48 heavy (non-hydrogen) atoms. The van der Waals surface area contributed by atoms with Crippen LogP contribution in [0.15, 0.2) is 70.8 Å². The lowest BCUT2D eigenvalue weighted by molar-refractivity contribution is -0.130. The normalized spacial score (nSPS) is 13.1. The van der Waals surface area contributed by atoms with Gasteiger partial charge in [0.25, 0.3) is 0 Å². The second kappa shape index (κ2) is 21.2. The van der Waals surface area contributed by atoms with Crippen molar-refractivity contribution in [2.24, 2.45) is 27.5 Å². The van der Waals surface area contributed by atoms with Crippen molar-refractivity contribution in [3.05, 3.63) is 71.8 Å². The first-order chi connectivity index (χ1) is 22.9. The van der Waals surface area contributed by atoms with Crippen LogP contribution in [0.4, 0.5) is 14.4 Å². The third-order valence-corrected chi connectivity index (χ3v) is 6.44. The summed E-state index contributed by atoms with van der Waals surface area (Å²) in [6.07, 6.45) is 0.712. The molecule has 0 spiro atoms. The van der Waals surface area contributed by atoms with Crippen LogP contribution in [-0.2, 0) is 32.3 Å². The average molecular weight is 669 g/mol. The maximum Gasteiger partial charge on any atom is 0.414 e. The van der Waals surface area contributed by atoms with Crippen LogP contribution in [0, 0.1) is 5.92 Å². The lowest BCUT2D eigenvalue weighted by atomic mass is 10.0. The number of ether oxygens (including phenoxy) is 2. The van der Waals surface area contributed by atoms with Crippen LogP contribution in [0.25, 0.3) is 0 Å². The van der Waals surface area contributed by atoms with Crippen molar-refractivity contribution in [3.63, 3.8) is 0 Å². The van der Waals surface area contributed by atoms with Gasteiger partial charge >= 0.3 is 18.2 Å². The zero-order valence-electron chi connectivity index (χ0n) is 27.3. The molecule has 0 aliphatic heterocycles. The van der Waals surface area contributed by atoms with Gasteiger partial charge in [0.2, 0.25) is 11.8 Å². The number of hydrazone groups is 1. The molecule has 2 rings (SSSR count). The van der Waals surface area contributed by atoms with Crippen molar-refractivity contribution < 1.29 is 33.4 Å². The summed E-state index contributed by atoms with van der Waals surface area (Å²) >= 11 is 0. The summed E-state index contributed by atoms with van der Waals surface area (Å²) in [5.41, 5.74) is 14.5. The minimum Gasteiger partial charge on any atom is -0.445 e. The molecule has 9 N–H and O–H groups in total. The van der Waals surface area contributed by atoms with Crippen LogP contribution in [0.5, 0.6) is 0 Å². The van der Waals surface area contributed by atoms with E-state index < -0.39 is 48.2 Å². The maximum atomic E-state index is 13.1. The van der Waals surface area contributed by atoms with Gasteiger partial charge in [0.15, 0.2) is 5.96 Å². The number of rotatable bonds is 17. The number of nitrogens with two attached hydrogens (primary N) is 2. The quantitative estimate of drug-likeness (QED) is 0.0431. The van der Waals surface area contributed by atoms with Crippen LogP contribution >= 0.6 is 0 Å². The second-order valence-corrected chi connectivity index (χ2v) is 11.1. The van der Waals surface area contributed by atoms with E-state index in [4.69, 9.17) is 20.9 Å². The number of guanidine groups is 1. The summed E-state index contributed by atoms with van der Waals surface area (Å²) in [4.78, 5) is 65.7. The lowest BCUT2D eigenvalue weighted by Crippen LogP contribution is -2.54. The first-order valence-electron chi connectivity index (χ1n) is 15.4. The first-order valence-corrected chi connectivity index (χ1v) is 15.4. The van der Waals surface area contributed by atoms with Gasteiger partial charge in [0.05, 0.1) is 6.04 Å². The molecule has 0 saturated heterocycles. The maximum absolute atomic E-state index is 13.1. The summed E-state index contributed by atoms with van der Waals surface area (Å²) < 4.78 is 10.4. The highest BCUT2D eigenvalue weighted by Gasteiger charge is 2.26. The summed E-state index contributed by atoms with van der Waals surface area (Å²) in [5.74, 6) is -1.23. The Bertz CT molecular complexity index is 1390. The van der Waals surface area contributed by atoms with Crippen molar-refractivity contribution in [2.75, 3.05) is 6.54 Å². The van der Waals surface area contributed by atoms with Crippen LogP contribution in [0.1, 0.15) is 51.2 Å². The Balaban J connectivity index is 1.89. The molecule has 3 atom stereocenters. The molecule has 0 aliphatic carbocycles. The molecule has 0 aliphatic rings. The molecule has 0 saturated carbocycles. The molecule has 0 aromatic heterocycles. The molecular formula is C32H45N9O7. The average Bonchev–Trinajstić information content (AvgIpc) is 3.04. The van der Waals surface area contributed by atoms with Gasteiger partial charge in [0.1, 0.15) is 25.3 Å². The number of urea groups is 1. The standard InChI is InChI=1S/C32H45N9O7/c1-21(2)17-26(39-31(45)47-19-23-11-6-4-7-12-23)28(43)37-22(3)27(42)38-25(18-36-41-30(34)44)15-10-16-35-29(33)40-32(46)48-20-24-13-8-5-9-14-24/h4-9,11-14,18,21-22,25-26H,10,15-17,19-20H2,1-3H3,(H,37,43)(H,38,42)(H,39,45)(H3,34,41,44)(H3,33,35,40,46)/b36-18+/t22-,25-,26-/m0/s1/i18+1. The first kappa shape index (κ1) is 38.5. The molecule has 6 amide bonds. The highest BCUT2D eigenvalue weighted by molar-refractivity contribution is 5.93. The third-order valence-electron chi connectivity index (χ3n) is 6.44. The second-order valence-electron chi connectivity index (χ2n) is 11.1. The third kappa shape index (κ3) is 16.6. The zero-order valence-corrected chi connectivity index (χ0v) is 27.3. The Labute approximate surface area is 279 Å². The Kier molecular flexibility index (Phi) is 17.0. The van der Waals surface area contributed by atoms with Crippen molar-refractivity contribution in [3.8, 4) is 0 Å². The fourth-order valence-corrected chi connectivity index (χ4v) is 4.09. The van der Waals surface area contributed by atoms with E-state index in [1.54, 1.807) is 12.1 Å². The molecule has 16 nitrogen and oxygen atoms in total. The number of nitrogens with zero attached hydrogens (tertiary/aromatic N) is 2. The van der Waals surface area contributed by atoms with Gasteiger partial charge < -0.3 is 36.9 Å². The Morgan fingerprint density at radius 2 is 1.38 bits per heavy atom. The van der Waals surface area contributed by atoms with Gasteiger partial charge in [-0.25, -0.2) is 19.8 Å². The SMILES string of the molecule is CC(C)C[C@H](NC(=O)OCc1ccccc1)C(=O)N[C@@H](C)C(=O)N[C@@H](CCCN=C(N)NC(=O)OCc1ccccc1)/[13CH]=N/NC(N)=O. The largest absolute Gasteiger partial charge is 0.445 e. The molecule has 2 aromatic carbocycles.